The van der Waals surface area contributed by atoms with Gasteiger partial charge in [-0.2, -0.15) is 4.39 Å². The van der Waals surface area contributed by atoms with Crippen LogP contribution in [-0.2, 0) is 11.2 Å². The van der Waals surface area contributed by atoms with Crippen molar-refractivity contribution < 1.29 is 27.0 Å². The average molecular weight is 392 g/mol. The maximum Gasteiger partial charge on any atom is 0.201 e. The molecule has 2 nitrogen and oxygen atoms in total. The zero-order valence-corrected chi connectivity index (χ0v) is 15.5. The minimum atomic E-state index is -1.13. The molecule has 0 amide bonds. The summed E-state index contributed by atoms with van der Waals surface area (Å²) in [6.07, 6.45) is 3.31. The zero-order chi connectivity index (χ0) is 19.8. The van der Waals surface area contributed by atoms with Crippen LogP contribution < -0.4 is 4.74 Å². The van der Waals surface area contributed by atoms with Gasteiger partial charge in [-0.25, -0.2) is 8.78 Å². The smallest absolute Gasteiger partial charge is 0.201 e. The van der Waals surface area contributed by atoms with Gasteiger partial charge in [0.05, 0.1) is 12.9 Å². The van der Waals surface area contributed by atoms with Gasteiger partial charge in [-0.05, 0) is 49.8 Å². The Bertz CT molecular complexity index is 952. The van der Waals surface area contributed by atoms with Crippen molar-refractivity contribution in [3.8, 4) is 11.5 Å². The number of ether oxygens (including phenoxy) is 2. The first-order valence-corrected chi connectivity index (χ1v) is 9.35. The molecule has 6 heteroatoms. The van der Waals surface area contributed by atoms with Gasteiger partial charge in [-0.15, -0.1) is 0 Å². The molecule has 2 aromatic carbocycles. The van der Waals surface area contributed by atoms with Crippen molar-refractivity contribution in [3.63, 3.8) is 0 Å². The third-order valence-corrected chi connectivity index (χ3v) is 5.33. The molecule has 4 rings (SSSR count). The van der Waals surface area contributed by atoms with Crippen molar-refractivity contribution in [1.82, 2.24) is 0 Å². The summed E-state index contributed by atoms with van der Waals surface area (Å²) in [6, 6.07) is 4.91. The average Bonchev–Trinajstić information content (AvgIpc) is 2.71. The summed E-state index contributed by atoms with van der Waals surface area (Å²) >= 11 is 0. The lowest BCUT2D eigenvalue weighted by Crippen LogP contribution is -2.14. The van der Waals surface area contributed by atoms with Crippen LogP contribution in [0.3, 0.4) is 0 Å². The van der Waals surface area contributed by atoms with Crippen LogP contribution in [0.25, 0.3) is 0 Å². The third kappa shape index (κ3) is 3.25. The van der Waals surface area contributed by atoms with Crippen LogP contribution in [0, 0.1) is 24.4 Å². The SMILES string of the molecule is Cc1ccc2c(c1F)Oc1c(cc(C3CCC(CCCF)=CO3)c(F)c1F)C2. The van der Waals surface area contributed by atoms with Gasteiger partial charge in [0, 0.05) is 23.1 Å². The fourth-order valence-corrected chi connectivity index (χ4v) is 3.74. The maximum absolute atomic E-state index is 14.7. The van der Waals surface area contributed by atoms with Crippen LogP contribution in [0.5, 0.6) is 11.5 Å². The number of benzene rings is 2. The van der Waals surface area contributed by atoms with E-state index >= 15 is 0 Å². The van der Waals surface area contributed by atoms with Crippen molar-refractivity contribution in [1.29, 1.82) is 0 Å². The molecule has 28 heavy (non-hydrogen) atoms. The number of aryl methyl sites for hydroxylation is 1. The fraction of sp³-hybridized carbons (Fsp3) is 0.364. The van der Waals surface area contributed by atoms with Crippen molar-refractivity contribution >= 4 is 0 Å². The molecule has 1 atom stereocenters. The maximum atomic E-state index is 14.7. The summed E-state index contributed by atoms with van der Waals surface area (Å²) < 4.78 is 67.1. The first-order valence-electron chi connectivity index (χ1n) is 9.35. The number of allylic oxidation sites excluding steroid dienone is 1. The van der Waals surface area contributed by atoms with Gasteiger partial charge >= 0.3 is 0 Å². The van der Waals surface area contributed by atoms with Crippen LogP contribution in [0.4, 0.5) is 17.6 Å². The molecule has 2 aromatic rings. The van der Waals surface area contributed by atoms with E-state index in [-0.39, 0.29) is 23.5 Å². The minimum absolute atomic E-state index is 0.0482. The lowest BCUT2D eigenvalue weighted by atomic mass is 9.92. The second kappa shape index (κ2) is 7.49. The quantitative estimate of drug-likeness (QED) is 0.466. The lowest BCUT2D eigenvalue weighted by Gasteiger charge is -2.27. The van der Waals surface area contributed by atoms with Gasteiger partial charge in [0.1, 0.15) is 6.10 Å². The van der Waals surface area contributed by atoms with E-state index in [1.54, 1.807) is 25.1 Å². The molecular weight excluding hydrogens is 372 g/mol. The van der Waals surface area contributed by atoms with E-state index in [1.807, 2.05) is 0 Å². The number of halogens is 4. The summed E-state index contributed by atoms with van der Waals surface area (Å²) in [4.78, 5) is 0. The van der Waals surface area contributed by atoms with Crippen LogP contribution in [0.2, 0.25) is 0 Å². The van der Waals surface area contributed by atoms with Crippen LogP contribution in [0.15, 0.2) is 30.0 Å². The molecular formula is C22H20F4O2. The Balaban J connectivity index is 1.64. The second-order valence-corrected chi connectivity index (χ2v) is 7.28. The van der Waals surface area contributed by atoms with Crippen molar-refractivity contribution in [3.05, 3.63) is 69.7 Å². The summed E-state index contributed by atoms with van der Waals surface area (Å²) in [6.45, 7) is 1.19. The summed E-state index contributed by atoms with van der Waals surface area (Å²) in [7, 11) is 0. The molecule has 2 aliphatic heterocycles. The number of rotatable bonds is 4. The number of hydrogen-bond donors (Lipinski definition) is 0. The van der Waals surface area contributed by atoms with Crippen molar-refractivity contribution in [2.45, 2.75) is 45.1 Å². The van der Waals surface area contributed by atoms with Gasteiger partial charge in [0.2, 0.25) is 5.82 Å². The van der Waals surface area contributed by atoms with Crippen LogP contribution in [-0.4, -0.2) is 6.67 Å². The molecule has 0 N–H and O–H groups in total. The molecule has 2 heterocycles. The highest BCUT2D eigenvalue weighted by Crippen LogP contribution is 2.44. The van der Waals surface area contributed by atoms with Crippen LogP contribution >= 0.6 is 0 Å². The first-order chi connectivity index (χ1) is 13.5. The molecule has 0 spiro atoms. The first kappa shape index (κ1) is 18.8. The second-order valence-electron chi connectivity index (χ2n) is 7.28. The molecule has 2 aliphatic rings. The predicted octanol–water partition coefficient (Wildman–Crippen LogP) is 6.59. The highest BCUT2D eigenvalue weighted by Gasteiger charge is 2.31. The third-order valence-electron chi connectivity index (χ3n) is 5.33. The highest BCUT2D eigenvalue weighted by molar-refractivity contribution is 5.53. The summed E-state index contributed by atoms with van der Waals surface area (Å²) in [5, 5.41) is 0. The van der Waals surface area contributed by atoms with E-state index < -0.39 is 30.2 Å². The zero-order valence-electron chi connectivity index (χ0n) is 15.5. The molecule has 0 saturated heterocycles. The number of hydrogen-bond acceptors (Lipinski definition) is 2. The van der Waals surface area contributed by atoms with Gasteiger partial charge in [0.25, 0.3) is 0 Å². The summed E-state index contributed by atoms with van der Waals surface area (Å²) in [5.41, 5.74) is 2.52. The van der Waals surface area contributed by atoms with Crippen molar-refractivity contribution in [2.75, 3.05) is 6.67 Å². The Morgan fingerprint density at radius 2 is 1.82 bits per heavy atom. The highest BCUT2D eigenvalue weighted by atomic mass is 19.2. The van der Waals surface area contributed by atoms with Crippen LogP contribution in [0.1, 0.15) is 54.0 Å². The number of alkyl halides is 1. The normalized spacial score (nSPS) is 17.9. The Morgan fingerprint density at radius 3 is 2.54 bits per heavy atom. The molecule has 0 aliphatic carbocycles. The number of fused-ring (bicyclic) bond motifs is 2. The minimum Gasteiger partial charge on any atom is -0.493 e. The molecule has 0 aromatic heterocycles. The van der Waals surface area contributed by atoms with Gasteiger partial charge < -0.3 is 9.47 Å². The van der Waals surface area contributed by atoms with E-state index in [0.717, 1.165) is 5.57 Å². The Labute approximate surface area is 160 Å². The van der Waals surface area contributed by atoms with Gasteiger partial charge in [0.15, 0.2) is 23.1 Å². The lowest BCUT2D eigenvalue weighted by molar-refractivity contribution is 0.114. The fourth-order valence-electron chi connectivity index (χ4n) is 3.74. The Morgan fingerprint density at radius 1 is 1.04 bits per heavy atom. The van der Waals surface area contributed by atoms with E-state index in [1.165, 1.54) is 6.26 Å². The van der Waals surface area contributed by atoms with E-state index in [0.29, 0.717) is 42.4 Å². The molecule has 148 valence electrons. The van der Waals surface area contributed by atoms with E-state index in [9.17, 15) is 17.6 Å². The molecule has 1 unspecified atom stereocenters. The predicted molar refractivity (Wildman–Crippen MR) is 96.7 cm³/mol. The molecule has 0 fully saturated rings. The van der Waals surface area contributed by atoms with Gasteiger partial charge in [-0.1, -0.05) is 12.1 Å². The van der Waals surface area contributed by atoms with E-state index in [2.05, 4.69) is 0 Å². The molecule has 0 bridgehead atoms. The topological polar surface area (TPSA) is 18.5 Å². The van der Waals surface area contributed by atoms with Gasteiger partial charge in [-0.3, -0.25) is 4.39 Å². The standard InChI is InChI=1S/C22H20F4O2/c1-12-4-6-14-9-15-10-16(17-7-5-13(11-27-17)3-2-8-23)19(25)20(26)22(15)28-21(14)18(12)24/h4,6,10-11,17H,2-3,5,7-9H2,1H3. The largest absolute Gasteiger partial charge is 0.493 e. The monoisotopic (exact) mass is 392 g/mol. The molecule has 0 saturated carbocycles. The summed E-state index contributed by atoms with van der Waals surface area (Å²) in [5.74, 6) is -3.05. The van der Waals surface area contributed by atoms with E-state index in [4.69, 9.17) is 9.47 Å². The Hall–Kier alpha value is -2.50. The van der Waals surface area contributed by atoms with Crippen molar-refractivity contribution in [2.24, 2.45) is 0 Å². The molecule has 0 radical (unpaired) electrons. The Kier molecular flexibility index (Phi) is 5.04.